The molecule has 0 radical (unpaired) electrons. The van der Waals surface area contributed by atoms with Gasteiger partial charge in [0.2, 0.25) is 0 Å². The second-order valence-electron chi connectivity index (χ2n) is 3.78. The maximum absolute atomic E-state index is 3.64. The summed E-state index contributed by atoms with van der Waals surface area (Å²) >= 11 is 1.89. The zero-order valence-electron chi connectivity index (χ0n) is 8.12. The first-order chi connectivity index (χ1) is 6.42. The highest BCUT2D eigenvalue weighted by molar-refractivity contribution is 7.10. The molecule has 0 saturated heterocycles. The van der Waals surface area contributed by atoms with E-state index in [1.165, 1.54) is 24.1 Å². The number of thiophene rings is 1. The third kappa shape index (κ3) is 2.32. The minimum Gasteiger partial charge on any atom is -0.309 e. The van der Waals surface area contributed by atoms with E-state index in [-0.39, 0.29) is 0 Å². The van der Waals surface area contributed by atoms with E-state index in [1.54, 1.807) is 0 Å². The molecule has 1 nitrogen and oxygen atoms in total. The predicted molar refractivity (Wildman–Crippen MR) is 58.1 cm³/mol. The van der Waals surface area contributed by atoms with Crippen molar-refractivity contribution in [1.82, 2.24) is 5.32 Å². The van der Waals surface area contributed by atoms with E-state index in [1.807, 2.05) is 11.3 Å². The monoisotopic (exact) mass is 195 g/mol. The Balaban J connectivity index is 1.97. The van der Waals surface area contributed by atoms with Crippen molar-refractivity contribution in [2.24, 2.45) is 5.92 Å². The zero-order valence-corrected chi connectivity index (χ0v) is 8.94. The second-order valence-corrected chi connectivity index (χ2v) is 4.76. The van der Waals surface area contributed by atoms with E-state index >= 15 is 0 Å². The van der Waals surface area contributed by atoms with Crippen LogP contribution in [0.4, 0.5) is 0 Å². The number of hydrogen-bond acceptors (Lipinski definition) is 2. The summed E-state index contributed by atoms with van der Waals surface area (Å²) in [5.41, 5.74) is 0. The average molecular weight is 195 g/mol. The molecule has 1 heterocycles. The highest BCUT2D eigenvalue weighted by Gasteiger charge is 2.32. The van der Waals surface area contributed by atoms with Crippen LogP contribution in [0.5, 0.6) is 0 Å². The Morgan fingerprint density at radius 1 is 1.62 bits per heavy atom. The molecule has 1 fully saturated rings. The Morgan fingerprint density at radius 2 is 2.46 bits per heavy atom. The molecule has 13 heavy (non-hydrogen) atoms. The van der Waals surface area contributed by atoms with Crippen LogP contribution in [0.2, 0.25) is 0 Å². The lowest BCUT2D eigenvalue weighted by atomic mass is 10.1. The SMILES string of the molecule is CCCNC(c1cccs1)C1CC1. The topological polar surface area (TPSA) is 12.0 Å². The summed E-state index contributed by atoms with van der Waals surface area (Å²) in [6, 6.07) is 5.07. The van der Waals surface area contributed by atoms with Crippen LogP contribution in [-0.2, 0) is 0 Å². The van der Waals surface area contributed by atoms with Crippen LogP contribution in [0.15, 0.2) is 17.5 Å². The van der Waals surface area contributed by atoms with Gasteiger partial charge in [0, 0.05) is 10.9 Å². The van der Waals surface area contributed by atoms with Crippen molar-refractivity contribution >= 4 is 11.3 Å². The molecule has 0 amide bonds. The van der Waals surface area contributed by atoms with Crippen LogP contribution in [0.3, 0.4) is 0 Å². The Morgan fingerprint density at radius 3 is 3.00 bits per heavy atom. The third-order valence-corrected chi connectivity index (χ3v) is 3.51. The summed E-state index contributed by atoms with van der Waals surface area (Å²) in [4.78, 5) is 1.52. The van der Waals surface area contributed by atoms with Gasteiger partial charge in [-0.1, -0.05) is 13.0 Å². The highest BCUT2D eigenvalue weighted by atomic mass is 32.1. The number of rotatable bonds is 5. The maximum Gasteiger partial charge on any atom is 0.0443 e. The standard InChI is InChI=1S/C11H17NS/c1-2-7-12-11(9-5-6-9)10-4-3-8-13-10/h3-4,8-9,11-12H,2,5-7H2,1H3. The van der Waals surface area contributed by atoms with Crippen LogP contribution >= 0.6 is 11.3 Å². The van der Waals surface area contributed by atoms with Gasteiger partial charge in [-0.2, -0.15) is 0 Å². The third-order valence-electron chi connectivity index (χ3n) is 2.56. The van der Waals surface area contributed by atoms with Gasteiger partial charge in [0.05, 0.1) is 0 Å². The smallest absolute Gasteiger partial charge is 0.0443 e. The molecule has 1 saturated carbocycles. The molecular formula is C11H17NS. The van der Waals surface area contributed by atoms with Gasteiger partial charge in [0.25, 0.3) is 0 Å². The van der Waals surface area contributed by atoms with Crippen LogP contribution < -0.4 is 5.32 Å². The highest BCUT2D eigenvalue weighted by Crippen LogP contribution is 2.42. The Hall–Kier alpha value is -0.340. The number of nitrogens with one attached hydrogen (secondary N) is 1. The van der Waals surface area contributed by atoms with E-state index < -0.39 is 0 Å². The molecule has 0 aliphatic heterocycles. The average Bonchev–Trinajstić information content (AvgIpc) is 2.82. The predicted octanol–water partition coefficient (Wildman–Crippen LogP) is 3.20. The Labute approximate surface area is 84.2 Å². The van der Waals surface area contributed by atoms with Crippen molar-refractivity contribution in [1.29, 1.82) is 0 Å². The molecule has 0 aromatic carbocycles. The fraction of sp³-hybridized carbons (Fsp3) is 0.636. The van der Waals surface area contributed by atoms with Gasteiger partial charge in [-0.05, 0) is 43.2 Å². The van der Waals surface area contributed by atoms with Gasteiger partial charge in [0.1, 0.15) is 0 Å². The largest absolute Gasteiger partial charge is 0.309 e. The molecule has 1 unspecified atom stereocenters. The Kier molecular flexibility index (Phi) is 3.01. The van der Waals surface area contributed by atoms with Crippen LogP contribution in [0.1, 0.15) is 37.1 Å². The molecule has 0 spiro atoms. The number of hydrogen-bond donors (Lipinski definition) is 1. The van der Waals surface area contributed by atoms with E-state index in [0.29, 0.717) is 6.04 Å². The molecule has 1 aliphatic rings. The maximum atomic E-state index is 3.64. The second kappa shape index (κ2) is 4.25. The minimum absolute atomic E-state index is 0.653. The molecule has 72 valence electrons. The molecule has 1 aliphatic carbocycles. The van der Waals surface area contributed by atoms with Gasteiger partial charge in [-0.15, -0.1) is 11.3 Å². The molecular weight excluding hydrogens is 178 g/mol. The van der Waals surface area contributed by atoms with Crippen molar-refractivity contribution in [3.05, 3.63) is 22.4 Å². The molecule has 2 heteroatoms. The molecule has 1 N–H and O–H groups in total. The summed E-state index contributed by atoms with van der Waals surface area (Å²) in [5.74, 6) is 0.921. The van der Waals surface area contributed by atoms with E-state index in [2.05, 4.69) is 29.8 Å². The lowest BCUT2D eigenvalue weighted by Gasteiger charge is -2.15. The summed E-state index contributed by atoms with van der Waals surface area (Å²) < 4.78 is 0. The van der Waals surface area contributed by atoms with Gasteiger partial charge >= 0.3 is 0 Å². The molecule has 0 bridgehead atoms. The van der Waals surface area contributed by atoms with E-state index in [0.717, 1.165) is 12.5 Å². The van der Waals surface area contributed by atoms with Crippen LogP contribution in [0.25, 0.3) is 0 Å². The van der Waals surface area contributed by atoms with Crippen molar-refractivity contribution in [3.8, 4) is 0 Å². The molecule has 1 atom stereocenters. The van der Waals surface area contributed by atoms with Crippen molar-refractivity contribution in [3.63, 3.8) is 0 Å². The van der Waals surface area contributed by atoms with Crippen molar-refractivity contribution in [2.75, 3.05) is 6.54 Å². The summed E-state index contributed by atoms with van der Waals surface area (Å²) in [5, 5.41) is 5.82. The molecule has 1 aromatic heterocycles. The lowest BCUT2D eigenvalue weighted by molar-refractivity contribution is 0.488. The van der Waals surface area contributed by atoms with E-state index in [9.17, 15) is 0 Å². The van der Waals surface area contributed by atoms with Crippen molar-refractivity contribution in [2.45, 2.75) is 32.2 Å². The van der Waals surface area contributed by atoms with Gasteiger partial charge in [-0.25, -0.2) is 0 Å². The summed E-state index contributed by atoms with van der Waals surface area (Å²) in [6.45, 7) is 3.38. The van der Waals surface area contributed by atoms with Gasteiger partial charge in [0.15, 0.2) is 0 Å². The van der Waals surface area contributed by atoms with E-state index in [4.69, 9.17) is 0 Å². The summed E-state index contributed by atoms with van der Waals surface area (Å²) in [7, 11) is 0. The summed E-state index contributed by atoms with van der Waals surface area (Å²) in [6.07, 6.45) is 4.06. The Bertz CT molecular complexity index is 239. The van der Waals surface area contributed by atoms with Crippen LogP contribution in [0, 0.1) is 5.92 Å². The van der Waals surface area contributed by atoms with Gasteiger partial charge in [-0.3, -0.25) is 0 Å². The first-order valence-corrected chi connectivity index (χ1v) is 6.06. The first-order valence-electron chi connectivity index (χ1n) is 5.18. The normalized spacial score (nSPS) is 18.8. The molecule has 1 aromatic rings. The fourth-order valence-electron chi connectivity index (χ4n) is 1.70. The first kappa shape index (κ1) is 9.22. The van der Waals surface area contributed by atoms with Crippen molar-refractivity contribution < 1.29 is 0 Å². The lowest BCUT2D eigenvalue weighted by Crippen LogP contribution is -2.22. The fourth-order valence-corrected chi connectivity index (χ4v) is 2.59. The van der Waals surface area contributed by atoms with Crippen LogP contribution in [-0.4, -0.2) is 6.54 Å². The van der Waals surface area contributed by atoms with Gasteiger partial charge < -0.3 is 5.32 Å². The minimum atomic E-state index is 0.653. The zero-order chi connectivity index (χ0) is 9.10. The molecule has 2 rings (SSSR count). The quantitative estimate of drug-likeness (QED) is 0.761.